The first kappa shape index (κ1) is 29.5. The molecule has 2 aromatic carbocycles. The lowest BCUT2D eigenvalue weighted by molar-refractivity contribution is -0.158. The van der Waals surface area contributed by atoms with Gasteiger partial charge in [-0.2, -0.15) is 0 Å². The van der Waals surface area contributed by atoms with E-state index in [1.807, 2.05) is 54.6 Å². The van der Waals surface area contributed by atoms with E-state index in [2.05, 4.69) is 21.2 Å². The van der Waals surface area contributed by atoms with E-state index >= 15 is 0 Å². The number of aliphatic hydroxyl groups is 1. The van der Waals surface area contributed by atoms with E-state index in [0.717, 1.165) is 10.8 Å². The quantitative estimate of drug-likeness (QED) is 0.385. The molecule has 6 rings (SSSR count). The summed E-state index contributed by atoms with van der Waals surface area (Å²) < 4.78 is 12.8. The normalized spacial score (nSPS) is 32.1. The largest absolute Gasteiger partial charge is 0.460 e. The van der Waals surface area contributed by atoms with Gasteiger partial charge in [-0.15, -0.1) is 0 Å². The van der Waals surface area contributed by atoms with Crippen molar-refractivity contribution in [2.45, 2.75) is 50.0 Å². The number of rotatable bonds is 4. The van der Waals surface area contributed by atoms with Gasteiger partial charge in [-0.25, -0.2) is 0 Å². The first-order valence-electron chi connectivity index (χ1n) is 14.6. The molecule has 5 bridgehead atoms. The Morgan fingerprint density at radius 2 is 1.86 bits per heavy atom. The minimum atomic E-state index is -1.40. The highest BCUT2D eigenvalue weighted by molar-refractivity contribution is 9.11. The van der Waals surface area contributed by atoms with Crippen LogP contribution in [-0.4, -0.2) is 83.8 Å². The van der Waals surface area contributed by atoms with Gasteiger partial charge >= 0.3 is 5.97 Å². The first-order chi connectivity index (χ1) is 20.7. The predicted octanol–water partition coefficient (Wildman–Crippen LogP) is 2.83. The molecule has 226 valence electrons. The van der Waals surface area contributed by atoms with Crippen molar-refractivity contribution in [3.05, 3.63) is 65.2 Å². The third-order valence-corrected chi connectivity index (χ3v) is 9.38. The topological polar surface area (TPSA) is 125 Å². The van der Waals surface area contributed by atoms with Crippen LogP contribution in [0.1, 0.15) is 26.2 Å². The number of allylic oxidation sites excluding steroid dienone is 1. The van der Waals surface area contributed by atoms with Crippen molar-refractivity contribution in [2.24, 2.45) is 11.8 Å². The van der Waals surface area contributed by atoms with Gasteiger partial charge in [-0.3, -0.25) is 19.2 Å². The number of hydrogen-bond acceptors (Lipinski definition) is 7. The molecule has 0 aliphatic carbocycles. The number of anilines is 1. The summed E-state index contributed by atoms with van der Waals surface area (Å²) in [5.41, 5.74) is -0.764. The maximum absolute atomic E-state index is 14.8. The fraction of sp³-hybridized carbons (Fsp3) is 0.438. The number of carbonyl (C=O) groups is 4. The van der Waals surface area contributed by atoms with E-state index in [-0.39, 0.29) is 56.8 Å². The van der Waals surface area contributed by atoms with Crippen LogP contribution < -0.4 is 10.2 Å². The summed E-state index contributed by atoms with van der Waals surface area (Å²) in [6.07, 6.45) is 5.00. The Balaban J connectivity index is 1.47. The molecule has 3 amide bonds. The van der Waals surface area contributed by atoms with Crippen molar-refractivity contribution in [2.75, 3.05) is 31.1 Å². The molecular weight excluding hydrogens is 618 g/mol. The molecule has 0 radical (unpaired) electrons. The minimum absolute atomic E-state index is 0.120. The zero-order chi connectivity index (χ0) is 30.3. The zero-order valence-corrected chi connectivity index (χ0v) is 25.4. The van der Waals surface area contributed by atoms with Crippen LogP contribution in [-0.2, 0) is 28.7 Å². The summed E-state index contributed by atoms with van der Waals surface area (Å²) in [5, 5.41) is 14.4. The summed E-state index contributed by atoms with van der Waals surface area (Å²) in [5.74, 6) is -3.51. The fourth-order valence-electron chi connectivity index (χ4n) is 6.74. The number of amides is 3. The third-order valence-electron chi connectivity index (χ3n) is 8.70. The van der Waals surface area contributed by atoms with Crippen LogP contribution in [0.15, 0.2) is 65.2 Å². The van der Waals surface area contributed by atoms with E-state index in [0.29, 0.717) is 16.6 Å². The van der Waals surface area contributed by atoms with Crippen LogP contribution in [0.2, 0.25) is 0 Å². The average Bonchev–Trinajstić information content (AvgIpc) is 3.59. The van der Waals surface area contributed by atoms with Gasteiger partial charge in [0.05, 0.1) is 12.5 Å². The lowest BCUT2D eigenvalue weighted by Gasteiger charge is -2.36. The Morgan fingerprint density at radius 3 is 2.65 bits per heavy atom. The number of ether oxygens (including phenoxy) is 2. The maximum Gasteiger partial charge on any atom is 0.313 e. The van der Waals surface area contributed by atoms with Crippen LogP contribution in [0.5, 0.6) is 0 Å². The smallest absolute Gasteiger partial charge is 0.313 e. The van der Waals surface area contributed by atoms with Gasteiger partial charge in [-0.1, -0.05) is 58.4 Å². The van der Waals surface area contributed by atoms with Crippen molar-refractivity contribution in [1.29, 1.82) is 0 Å². The Kier molecular flexibility index (Phi) is 8.14. The highest BCUT2D eigenvalue weighted by Gasteiger charge is 2.74. The van der Waals surface area contributed by atoms with E-state index in [9.17, 15) is 24.3 Å². The standard InChI is InChI=1S/C32H34BrN3O7/c1-19-18-34-24(38)10-3-2-6-13-35(22-12-11-20-8-4-5-9-21(20)16-22)30(40)28-32-17-23(33)27(43-32)25(31(41)42-19)26(32)29(39)36(28)14-7-15-37/h2,4-6,8-9,11-12,16-17,19,25-28,37H,3,7,10,13-15,18H2,1H3,(H,34,38)/b6-2-/t19-,25+,26-,27+,28+,32-/m0/s1. The molecule has 6 atom stereocenters. The Morgan fingerprint density at radius 1 is 1.07 bits per heavy atom. The number of halogens is 1. The number of likely N-dealkylation sites (tertiary alicyclic amines) is 1. The van der Waals surface area contributed by atoms with Gasteiger partial charge in [0.2, 0.25) is 11.8 Å². The molecule has 2 fully saturated rings. The molecule has 0 aromatic heterocycles. The van der Waals surface area contributed by atoms with Crippen LogP contribution in [0.25, 0.3) is 10.8 Å². The molecule has 43 heavy (non-hydrogen) atoms. The van der Waals surface area contributed by atoms with Crippen molar-refractivity contribution < 1.29 is 33.8 Å². The van der Waals surface area contributed by atoms with Crippen LogP contribution in [0, 0.1) is 11.8 Å². The summed E-state index contributed by atoms with van der Waals surface area (Å²) in [6.45, 7) is 1.95. The average molecular weight is 653 g/mol. The number of nitrogens with zero attached hydrogens (tertiary/aromatic N) is 2. The molecule has 10 nitrogen and oxygen atoms in total. The van der Waals surface area contributed by atoms with Crippen molar-refractivity contribution in [1.82, 2.24) is 10.2 Å². The van der Waals surface area contributed by atoms with Crippen LogP contribution in [0.4, 0.5) is 5.69 Å². The maximum atomic E-state index is 14.8. The van der Waals surface area contributed by atoms with E-state index in [1.165, 1.54) is 4.90 Å². The van der Waals surface area contributed by atoms with Gasteiger partial charge in [-0.05, 0) is 48.7 Å². The van der Waals surface area contributed by atoms with E-state index in [4.69, 9.17) is 9.47 Å². The van der Waals surface area contributed by atoms with E-state index in [1.54, 1.807) is 17.9 Å². The number of hydrogen-bond donors (Lipinski definition) is 2. The van der Waals surface area contributed by atoms with Crippen molar-refractivity contribution >= 4 is 56.1 Å². The number of fused-ring (bicyclic) bond motifs is 3. The number of benzene rings is 2. The number of cyclic esters (lactones) is 1. The SMILES string of the molecule is C[C@H]1CNC(=O)CC/C=C\CN(c2ccc3ccccc3c2)C(=O)[C@H]2N(CCCO)C(=O)[C@@H]3[C@@H](C(=O)O1)[C@@H]1O[C@@]32C=C1Br. The molecule has 2 aromatic rings. The summed E-state index contributed by atoms with van der Waals surface area (Å²) >= 11 is 3.55. The fourth-order valence-corrected chi connectivity index (χ4v) is 7.47. The molecule has 4 aliphatic heterocycles. The van der Waals surface area contributed by atoms with Crippen LogP contribution >= 0.6 is 15.9 Å². The van der Waals surface area contributed by atoms with Gasteiger partial charge in [0.25, 0.3) is 5.91 Å². The molecule has 4 aliphatic rings. The molecular formula is C32H34BrN3O7. The van der Waals surface area contributed by atoms with E-state index < -0.39 is 41.7 Å². The number of carbonyl (C=O) groups excluding carboxylic acids is 4. The highest BCUT2D eigenvalue weighted by Crippen LogP contribution is 2.59. The summed E-state index contributed by atoms with van der Waals surface area (Å²) in [4.78, 5) is 58.0. The Hall–Kier alpha value is -3.54. The van der Waals surface area contributed by atoms with Gasteiger partial charge < -0.3 is 29.7 Å². The van der Waals surface area contributed by atoms with Gasteiger partial charge in [0.1, 0.15) is 29.8 Å². The zero-order valence-electron chi connectivity index (χ0n) is 23.8. The van der Waals surface area contributed by atoms with Crippen molar-refractivity contribution in [3.63, 3.8) is 0 Å². The lowest BCUT2D eigenvalue weighted by Crippen LogP contribution is -2.56. The monoisotopic (exact) mass is 651 g/mol. The highest BCUT2D eigenvalue weighted by atomic mass is 79.9. The summed E-state index contributed by atoms with van der Waals surface area (Å²) in [7, 11) is 0. The second-order valence-corrected chi connectivity index (χ2v) is 12.4. The molecule has 0 unspecified atom stereocenters. The number of esters is 1. The third kappa shape index (κ3) is 5.17. The summed E-state index contributed by atoms with van der Waals surface area (Å²) in [6, 6.07) is 12.5. The molecule has 2 N–H and O–H groups in total. The molecule has 11 heteroatoms. The van der Waals surface area contributed by atoms with Gasteiger partial charge in [0.15, 0.2) is 0 Å². The Labute approximate surface area is 257 Å². The molecule has 2 saturated heterocycles. The van der Waals surface area contributed by atoms with Crippen LogP contribution in [0.3, 0.4) is 0 Å². The first-order valence-corrected chi connectivity index (χ1v) is 15.4. The van der Waals surface area contributed by atoms with Gasteiger partial charge in [0, 0.05) is 36.3 Å². The molecule has 1 spiro atoms. The minimum Gasteiger partial charge on any atom is -0.460 e. The van der Waals surface area contributed by atoms with Crippen molar-refractivity contribution in [3.8, 4) is 0 Å². The molecule has 4 heterocycles. The Bertz CT molecular complexity index is 1530. The predicted molar refractivity (Wildman–Crippen MR) is 162 cm³/mol. The number of aliphatic hydroxyl groups excluding tert-OH is 1. The second kappa shape index (κ2) is 11.9. The lowest BCUT2D eigenvalue weighted by atomic mass is 9.74. The molecule has 0 saturated carbocycles. The number of nitrogens with one attached hydrogen (secondary N) is 1. The second-order valence-electron chi connectivity index (χ2n) is 11.5.